The van der Waals surface area contributed by atoms with Gasteiger partial charge in [-0.3, -0.25) is 24.0 Å². The first-order chi connectivity index (χ1) is 15.9. The smallest absolute Gasteiger partial charge is 0.321 e. The van der Waals surface area contributed by atoms with Gasteiger partial charge >= 0.3 is 29.8 Å². The van der Waals surface area contributed by atoms with Gasteiger partial charge in [0, 0.05) is 0 Å². The Labute approximate surface area is 209 Å². The van der Waals surface area contributed by atoms with Crippen LogP contribution in [0, 0.1) is 11.8 Å². The highest BCUT2D eigenvalue weighted by Gasteiger charge is 2.17. The Kier molecular flexibility index (Phi) is 26.4. The highest BCUT2D eigenvalue weighted by molar-refractivity contribution is 7.98. The molecule has 13 N–H and O–H groups in total. The maximum absolute atomic E-state index is 10.2. The molecule has 208 valence electrons. The fraction of sp³-hybridized carbons (Fsp3) is 0.750. The Balaban J connectivity index is -0.000000183. The zero-order valence-corrected chi connectivity index (χ0v) is 21.6. The Bertz CT molecular complexity index is 637. The second-order valence-electron chi connectivity index (χ2n) is 7.63. The van der Waals surface area contributed by atoms with Crippen molar-refractivity contribution in [3.05, 3.63) is 0 Å². The van der Waals surface area contributed by atoms with Gasteiger partial charge in [0.1, 0.15) is 24.2 Å². The summed E-state index contributed by atoms with van der Waals surface area (Å²) in [6, 6.07) is -3.38. The third-order valence-corrected chi connectivity index (χ3v) is 4.85. The van der Waals surface area contributed by atoms with Crippen LogP contribution in [-0.4, -0.2) is 91.6 Å². The van der Waals surface area contributed by atoms with Crippen molar-refractivity contribution in [1.82, 2.24) is 0 Å². The van der Waals surface area contributed by atoms with Crippen LogP contribution in [-0.2, 0) is 24.0 Å². The molecular weight excluding hydrogens is 488 g/mol. The summed E-state index contributed by atoms with van der Waals surface area (Å²) in [7, 11) is 0. The van der Waals surface area contributed by atoms with Gasteiger partial charge in [-0.1, -0.05) is 34.1 Å². The van der Waals surface area contributed by atoms with Crippen molar-refractivity contribution < 1.29 is 49.5 Å². The molecule has 0 aliphatic heterocycles. The minimum absolute atomic E-state index is 0.0208. The third-order valence-electron chi connectivity index (χ3n) is 4.21. The van der Waals surface area contributed by atoms with E-state index in [-0.39, 0.29) is 11.8 Å². The van der Waals surface area contributed by atoms with Crippen LogP contribution in [0.5, 0.6) is 0 Å². The molecule has 0 amide bonds. The molecule has 0 saturated carbocycles. The van der Waals surface area contributed by atoms with Gasteiger partial charge in [-0.15, -0.1) is 0 Å². The minimum Gasteiger partial charge on any atom is -0.481 e. The van der Waals surface area contributed by atoms with Crippen molar-refractivity contribution in [2.45, 2.75) is 71.1 Å². The van der Waals surface area contributed by atoms with Crippen molar-refractivity contribution >= 4 is 41.6 Å². The number of carbonyl (C=O) groups is 5. The molecule has 0 bridgehead atoms. The Morgan fingerprint density at radius 1 is 0.714 bits per heavy atom. The van der Waals surface area contributed by atoms with E-state index in [2.05, 4.69) is 0 Å². The molecular formula is C20H42N4O10S. The third kappa shape index (κ3) is 27.7. The van der Waals surface area contributed by atoms with Crippen molar-refractivity contribution in [1.29, 1.82) is 0 Å². The molecule has 0 unspecified atom stereocenters. The first-order valence-corrected chi connectivity index (χ1v) is 11.9. The largest absolute Gasteiger partial charge is 0.481 e. The molecule has 35 heavy (non-hydrogen) atoms. The summed E-state index contributed by atoms with van der Waals surface area (Å²) < 4.78 is 0. The summed E-state index contributed by atoms with van der Waals surface area (Å²) in [6.45, 7) is 7.31. The van der Waals surface area contributed by atoms with Crippen LogP contribution in [0.3, 0.4) is 0 Å². The predicted molar refractivity (Wildman–Crippen MR) is 132 cm³/mol. The molecule has 0 heterocycles. The molecule has 0 fully saturated rings. The first kappa shape index (κ1) is 39.7. The van der Waals surface area contributed by atoms with Crippen LogP contribution >= 0.6 is 11.8 Å². The van der Waals surface area contributed by atoms with Gasteiger partial charge < -0.3 is 48.5 Å². The lowest BCUT2D eigenvalue weighted by Crippen LogP contribution is -2.36. The Morgan fingerprint density at radius 3 is 1.26 bits per heavy atom. The lowest BCUT2D eigenvalue weighted by molar-refractivity contribution is -0.144. The van der Waals surface area contributed by atoms with E-state index >= 15 is 0 Å². The summed E-state index contributed by atoms with van der Waals surface area (Å²) >= 11 is 1.60. The average molecular weight is 531 g/mol. The number of carboxylic acids is 5. The number of aliphatic carboxylic acids is 5. The van der Waals surface area contributed by atoms with Crippen molar-refractivity contribution in [2.24, 2.45) is 34.8 Å². The fourth-order valence-corrected chi connectivity index (χ4v) is 1.92. The van der Waals surface area contributed by atoms with Crippen molar-refractivity contribution in [3.8, 4) is 0 Å². The molecule has 15 heteroatoms. The quantitative estimate of drug-likeness (QED) is 0.154. The second kappa shape index (κ2) is 23.3. The number of carboxylic acid groups (broad SMARTS) is 5. The molecule has 0 aliphatic carbocycles. The zero-order valence-electron chi connectivity index (χ0n) is 20.8. The molecule has 5 atom stereocenters. The van der Waals surface area contributed by atoms with Gasteiger partial charge in [0.05, 0.1) is 6.42 Å². The van der Waals surface area contributed by atoms with Gasteiger partial charge in [-0.05, 0) is 30.3 Å². The van der Waals surface area contributed by atoms with E-state index in [0.29, 0.717) is 6.42 Å². The molecule has 0 radical (unpaired) electrons. The Hall–Kier alpha value is -2.46. The first-order valence-electron chi connectivity index (χ1n) is 10.5. The van der Waals surface area contributed by atoms with E-state index in [1.165, 1.54) is 0 Å². The SMILES string of the molecule is CC(C)[C@H](N)C(=O)O.CC[C@H](C)[C@H](N)C(=O)O.CSCC[C@H](N)C(=O)O.N[C@@H](CC(=O)O)C(=O)O. The summed E-state index contributed by atoms with van der Waals surface area (Å²) in [6.07, 6.45) is 2.76. The Morgan fingerprint density at radius 2 is 1.11 bits per heavy atom. The van der Waals surface area contributed by atoms with Gasteiger partial charge in [0.15, 0.2) is 0 Å². The van der Waals surface area contributed by atoms with E-state index in [1.807, 2.05) is 20.1 Å². The van der Waals surface area contributed by atoms with Crippen LogP contribution in [0.2, 0.25) is 0 Å². The summed E-state index contributed by atoms with van der Waals surface area (Å²) in [5.41, 5.74) is 20.5. The van der Waals surface area contributed by atoms with Crippen LogP contribution in [0.4, 0.5) is 0 Å². The lowest BCUT2D eigenvalue weighted by atomic mass is 10.0. The van der Waals surface area contributed by atoms with Crippen LogP contribution in [0.25, 0.3) is 0 Å². The topological polar surface area (TPSA) is 291 Å². The minimum atomic E-state index is -1.29. The molecule has 0 aromatic rings. The van der Waals surface area contributed by atoms with E-state index in [1.54, 1.807) is 25.6 Å². The van der Waals surface area contributed by atoms with Crippen LogP contribution < -0.4 is 22.9 Å². The normalized spacial score (nSPS) is 14.1. The number of nitrogens with two attached hydrogens (primary N) is 4. The highest BCUT2D eigenvalue weighted by atomic mass is 32.2. The summed E-state index contributed by atoms with van der Waals surface area (Å²) in [4.78, 5) is 49.9. The van der Waals surface area contributed by atoms with E-state index < -0.39 is 60.4 Å². The number of hydrogen-bond acceptors (Lipinski definition) is 10. The van der Waals surface area contributed by atoms with Gasteiger partial charge in [-0.25, -0.2) is 0 Å². The van der Waals surface area contributed by atoms with Crippen molar-refractivity contribution in [2.75, 3.05) is 12.0 Å². The number of hydrogen-bond donors (Lipinski definition) is 9. The van der Waals surface area contributed by atoms with Crippen LogP contribution in [0.1, 0.15) is 47.0 Å². The molecule has 0 rings (SSSR count). The van der Waals surface area contributed by atoms with E-state index in [0.717, 1.165) is 12.2 Å². The van der Waals surface area contributed by atoms with E-state index in [4.69, 9.17) is 48.5 Å². The zero-order chi connectivity index (χ0) is 28.9. The maximum Gasteiger partial charge on any atom is 0.321 e. The maximum atomic E-state index is 10.2. The fourth-order valence-electron chi connectivity index (χ4n) is 1.43. The number of rotatable bonds is 12. The van der Waals surface area contributed by atoms with Crippen LogP contribution in [0.15, 0.2) is 0 Å². The molecule has 0 saturated heterocycles. The second-order valence-corrected chi connectivity index (χ2v) is 8.61. The molecule has 0 aliphatic rings. The molecule has 0 aromatic heterocycles. The average Bonchev–Trinajstić information content (AvgIpc) is 2.76. The lowest BCUT2D eigenvalue weighted by Gasteiger charge is -2.11. The summed E-state index contributed by atoms with van der Waals surface area (Å²) in [5.74, 6) is -4.35. The predicted octanol–water partition coefficient (Wildman–Crippen LogP) is -0.477. The highest BCUT2D eigenvalue weighted by Crippen LogP contribution is 2.04. The molecule has 0 aromatic carbocycles. The molecule has 0 spiro atoms. The summed E-state index contributed by atoms with van der Waals surface area (Å²) in [5, 5.41) is 40.9. The standard InChI is InChI=1S/C6H13NO2.C5H11NO2S.C5H11NO2.C4H7NO4/c1-3-4(2)5(7)6(8)9;1-9-3-2-4(6)5(7)8;1-3(2)4(6)5(7)8;5-2(4(8)9)1-3(6)7/h4-5H,3,7H2,1-2H3,(H,8,9);4H,2-3,6H2,1H3,(H,7,8);3-4H,6H2,1-2H3,(H,7,8);2H,1,5H2,(H,6,7)(H,8,9)/t4-,5-;2*4-;2-/m0000/s1. The number of thioether (sulfide) groups is 1. The van der Waals surface area contributed by atoms with Gasteiger partial charge in [0.25, 0.3) is 0 Å². The van der Waals surface area contributed by atoms with Gasteiger partial charge in [0.2, 0.25) is 0 Å². The van der Waals surface area contributed by atoms with Crippen molar-refractivity contribution in [3.63, 3.8) is 0 Å². The molecule has 14 nitrogen and oxygen atoms in total. The monoisotopic (exact) mass is 530 g/mol. The van der Waals surface area contributed by atoms with Gasteiger partial charge in [-0.2, -0.15) is 11.8 Å². The van der Waals surface area contributed by atoms with E-state index in [9.17, 15) is 24.0 Å².